The number of carbonyl (C=O) groups excluding carboxylic acids is 1. The molecule has 1 atom stereocenters. The Hall–Kier alpha value is -2.37. The normalized spacial score (nSPS) is 11.6. The fourth-order valence-electron chi connectivity index (χ4n) is 1.89. The molecule has 21 heavy (non-hydrogen) atoms. The minimum absolute atomic E-state index is 0.0775. The van der Waals surface area contributed by atoms with Crippen molar-refractivity contribution in [3.63, 3.8) is 0 Å². The number of carboxylic acid groups (broad SMARTS) is 2. The number of amides is 1. The predicted molar refractivity (Wildman–Crippen MR) is 76.1 cm³/mol. The molecule has 0 aromatic heterocycles. The summed E-state index contributed by atoms with van der Waals surface area (Å²) in [6.45, 7) is 0. The van der Waals surface area contributed by atoms with Crippen molar-refractivity contribution in [3.8, 4) is 0 Å². The number of aliphatic carboxylic acids is 2. The van der Waals surface area contributed by atoms with Gasteiger partial charge in [0, 0.05) is 12.0 Å². The van der Waals surface area contributed by atoms with Crippen molar-refractivity contribution >= 4 is 17.8 Å². The number of unbranched alkanes of at least 4 members (excludes halogenated alkanes) is 2. The molecule has 1 rings (SSSR count). The highest BCUT2D eigenvalue weighted by atomic mass is 16.4. The molecular weight excluding hydrogens is 274 g/mol. The highest BCUT2D eigenvalue weighted by Crippen LogP contribution is 2.07. The SMILES string of the molecule is O=C(O)CCCCC[C@H](NC(=O)c1ccccc1)C(=O)O. The molecule has 0 aliphatic carbocycles. The van der Waals surface area contributed by atoms with Crippen LogP contribution in [0.1, 0.15) is 42.5 Å². The van der Waals surface area contributed by atoms with E-state index in [1.165, 1.54) is 0 Å². The van der Waals surface area contributed by atoms with Crippen LogP contribution in [0.15, 0.2) is 30.3 Å². The van der Waals surface area contributed by atoms with Gasteiger partial charge in [-0.2, -0.15) is 0 Å². The third-order valence-electron chi connectivity index (χ3n) is 3.02. The quantitative estimate of drug-likeness (QED) is 0.603. The Balaban J connectivity index is 2.41. The number of benzene rings is 1. The zero-order chi connectivity index (χ0) is 15.7. The molecule has 1 aromatic carbocycles. The molecule has 0 saturated heterocycles. The summed E-state index contributed by atoms with van der Waals surface area (Å²) in [6, 6.07) is 7.45. The summed E-state index contributed by atoms with van der Waals surface area (Å²) < 4.78 is 0. The van der Waals surface area contributed by atoms with E-state index in [2.05, 4.69) is 5.32 Å². The maximum Gasteiger partial charge on any atom is 0.326 e. The van der Waals surface area contributed by atoms with Gasteiger partial charge in [0.05, 0.1) is 0 Å². The van der Waals surface area contributed by atoms with Gasteiger partial charge in [-0.15, -0.1) is 0 Å². The highest BCUT2D eigenvalue weighted by Gasteiger charge is 2.19. The van der Waals surface area contributed by atoms with Crippen molar-refractivity contribution in [1.82, 2.24) is 5.32 Å². The molecule has 114 valence electrons. The molecular formula is C15H19NO5. The van der Waals surface area contributed by atoms with E-state index in [4.69, 9.17) is 10.2 Å². The molecule has 6 heteroatoms. The molecule has 0 bridgehead atoms. The van der Waals surface area contributed by atoms with Crippen molar-refractivity contribution in [3.05, 3.63) is 35.9 Å². The first kappa shape index (κ1) is 16.7. The molecule has 6 nitrogen and oxygen atoms in total. The Morgan fingerprint density at radius 3 is 2.24 bits per heavy atom. The fourth-order valence-corrected chi connectivity index (χ4v) is 1.89. The smallest absolute Gasteiger partial charge is 0.326 e. The zero-order valence-corrected chi connectivity index (χ0v) is 11.6. The number of nitrogens with one attached hydrogen (secondary N) is 1. The molecule has 0 aliphatic heterocycles. The van der Waals surface area contributed by atoms with Gasteiger partial charge in [0.1, 0.15) is 6.04 Å². The monoisotopic (exact) mass is 293 g/mol. The Labute approximate surface area is 122 Å². The van der Waals surface area contributed by atoms with E-state index >= 15 is 0 Å². The van der Waals surface area contributed by atoms with Crippen LogP contribution in [0.3, 0.4) is 0 Å². The van der Waals surface area contributed by atoms with Gasteiger partial charge in [0.15, 0.2) is 0 Å². The molecule has 0 radical (unpaired) electrons. The van der Waals surface area contributed by atoms with Gasteiger partial charge in [-0.05, 0) is 25.0 Å². The molecule has 1 aromatic rings. The van der Waals surface area contributed by atoms with Crippen LogP contribution in [0.5, 0.6) is 0 Å². The number of carboxylic acids is 2. The average Bonchev–Trinajstić information content (AvgIpc) is 2.45. The molecule has 0 fully saturated rings. The third kappa shape index (κ3) is 6.56. The van der Waals surface area contributed by atoms with Gasteiger partial charge >= 0.3 is 11.9 Å². The van der Waals surface area contributed by atoms with Crippen LogP contribution >= 0.6 is 0 Å². The van der Waals surface area contributed by atoms with Crippen molar-refractivity contribution in [2.24, 2.45) is 0 Å². The van der Waals surface area contributed by atoms with E-state index in [1.807, 2.05) is 0 Å². The molecule has 1 amide bonds. The van der Waals surface area contributed by atoms with E-state index in [1.54, 1.807) is 30.3 Å². The minimum atomic E-state index is -1.09. The number of carbonyl (C=O) groups is 3. The van der Waals surface area contributed by atoms with Crippen molar-refractivity contribution in [2.45, 2.75) is 38.1 Å². The van der Waals surface area contributed by atoms with Gasteiger partial charge < -0.3 is 15.5 Å². The van der Waals surface area contributed by atoms with Crippen molar-refractivity contribution in [1.29, 1.82) is 0 Å². The van der Waals surface area contributed by atoms with Crippen LogP contribution in [0.4, 0.5) is 0 Å². The van der Waals surface area contributed by atoms with Crippen molar-refractivity contribution in [2.75, 3.05) is 0 Å². The Kier molecular flexibility index (Phi) is 6.94. The van der Waals surface area contributed by atoms with Gasteiger partial charge in [-0.3, -0.25) is 9.59 Å². The molecule has 0 saturated carbocycles. The Morgan fingerprint density at radius 2 is 1.67 bits per heavy atom. The lowest BCUT2D eigenvalue weighted by atomic mass is 10.1. The van der Waals surface area contributed by atoms with Crippen LogP contribution in [0.25, 0.3) is 0 Å². The third-order valence-corrected chi connectivity index (χ3v) is 3.02. The minimum Gasteiger partial charge on any atom is -0.481 e. The zero-order valence-electron chi connectivity index (χ0n) is 11.6. The first-order valence-electron chi connectivity index (χ1n) is 6.81. The van der Waals surface area contributed by atoms with Gasteiger partial charge in [-0.25, -0.2) is 4.79 Å². The maximum atomic E-state index is 11.9. The number of rotatable bonds is 9. The molecule has 0 heterocycles. The second-order valence-corrected chi connectivity index (χ2v) is 4.72. The van der Waals surface area contributed by atoms with E-state index in [0.717, 1.165) is 0 Å². The lowest BCUT2D eigenvalue weighted by Crippen LogP contribution is -2.40. The fraction of sp³-hybridized carbons (Fsp3) is 0.400. The molecule has 3 N–H and O–H groups in total. The molecule has 0 unspecified atom stereocenters. The maximum absolute atomic E-state index is 11.9. The molecule has 0 spiro atoms. The van der Waals surface area contributed by atoms with E-state index in [0.29, 0.717) is 24.8 Å². The predicted octanol–water partition coefficient (Wildman–Crippen LogP) is 1.90. The van der Waals surface area contributed by atoms with Gasteiger partial charge in [0.2, 0.25) is 0 Å². The van der Waals surface area contributed by atoms with Crippen LogP contribution in [-0.2, 0) is 9.59 Å². The van der Waals surface area contributed by atoms with E-state index < -0.39 is 23.9 Å². The first-order valence-corrected chi connectivity index (χ1v) is 6.81. The summed E-state index contributed by atoms with van der Waals surface area (Å²) in [6.07, 6.45) is 2.05. The molecule has 0 aliphatic rings. The highest BCUT2D eigenvalue weighted by molar-refractivity contribution is 5.96. The summed E-state index contributed by atoms with van der Waals surface area (Å²) in [5.74, 6) is -2.37. The first-order chi connectivity index (χ1) is 10.0. The van der Waals surface area contributed by atoms with Crippen LogP contribution in [0.2, 0.25) is 0 Å². The number of hydrogen-bond acceptors (Lipinski definition) is 3. The second kappa shape index (κ2) is 8.73. The standard InChI is InChI=1S/C15H19NO5/c17-13(18)10-6-2-5-9-12(15(20)21)16-14(19)11-7-3-1-4-8-11/h1,3-4,7-8,12H,2,5-6,9-10H2,(H,16,19)(H,17,18)(H,20,21)/t12-/m0/s1. The van der Waals surface area contributed by atoms with Gasteiger partial charge in [-0.1, -0.05) is 31.0 Å². The van der Waals surface area contributed by atoms with Crippen LogP contribution in [-0.4, -0.2) is 34.1 Å². The summed E-state index contributed by atoms with van der Waals surface area (Å²) in [5, 5.41) is 20.1. The second-order valence-electron chi connectivity index (χ2n) is 4.72. The van der Waals surface area contributed by atoms with Crippen molar-refractivity contribution < 1.29 is 24.6 Å². The summed E-state index contributed by atoms with van der Waals surface area (Å²) >= 11 is 0. The summed E-state index contributed by atoms with van der Waals surface area (Å²) in [4.78, 5) is 33.4. The van der Waals surface area contributed by atoms with E-state index in [-0.39, 0.29) is 12.8 Å². The van der Waals surface area contributed by atoms with Gasteiger partial charge in [0.25, 0.3) is 5.91 Å². The summed E-state index contributed by atoms with van der Waals surface area (Å²) in [7, 11) is 0. The topological polar surface area (TPSA) is 104 Å². The van der Waals surface area contributed by atoms with Crippen LogP contribution < -0.4 is 5.32 Å². The van der Waals surface area contributed by atoms with E-state index in [9.17, 15) is 14.4 Å². The number of hydrogen-bond donors (Lipinski definition) is 3. The lowest BCUT2D eigenvalue weighted by molar-refractivity contribution is -0.140. The Bertz CT molecular complexity index is 486. The Morgan fingerprint density at radius 1 is 1.00 bits per heavy atom. The average molecular weight is 293 g/mol. The largest absolute Gasteiger partial charge is 0.481 e. The lowest BCUT2D eigenvalue weighted by Gasteiger charge is -2.14. The van der Waals surface area contributed by atoms with Crippen LogP contribution in [0, 0.1) is 0 Å². The summed E-state index contributed by atoms with van der Waals surface area (Å²) in [5.41, 5.74) is 0.412.